The highest BCUT2D eigenvalue weighted by molar-refractivity contribution is 6.31. The van der Waals surface area contributed by atoms with E-state index in [0.29, 0.717) is 33.1 Å². The molecule has 26 heavy (non-hydrogen) atoms. The molecule has 3 rings (SSSR count). The van der Waals surface area contributed by atoms with Crippen LogP contribution in [0.3, 0.4) is 0 Å². The zero-order valence-electron chi connectivity index (χ0n) is 14.1. The van der Waals surface area contributed by atoms with Crippen LogP contribution in [0.2, 0.25) is 5.02 Å². The molecule has 0 aliphatic rings. The van der Waals surface area contributed by atoms with Gasteiger partial charge in [-0.1, -0.05) is 17.7 Å². The second-order valence-corrected chi connectivity index (χ2v) is 6.02. The molecule has 3 aromatic rings. The summed E-state index contributed by atoms with van der Waals surface area (Å²) in [5.41, 5.74) is 13.0. The Labute approximate surface area is 155 Å². The van der Waals surface area contributed by atoms with Crippen molar-refractivity contribution in [2.45, 2.75) is 6.04 Å². The van der Waals surface area contributed by atoms with E-state index < -0.39 is 5.91 Å². The highest BCUT2D eigenvalue weighted by Crippen LogP contribution is 2.31. The number of anilines is 1. The predicted molar refractivity (Wildman–Crippen MR) is 101 cm³/mol. The van der Waals surface area contributed by atoms with Crippen LogP contribution in [-0.2, 0) is 0 Å². The second kappa shape index (κ2) is 7.55. The van der Waals surface area contributed by atoms with E-state index in [1.165, 1.54) is 6.33 Å². The van der Waals surface area contributed by atoms with Crippen LogP contribution in [0.15, 0.2) is 42.7 Å². The fourth-order valence-electron chi connectivity index (χ4n) is 2.75. The molecular formula is C18H18ClN5O2. The van der Waals surface area contributed by atoms with Gasteiger partial charge in [0.2, 0.25) is 0 Å². The standard InChI is InChI=1S/C18H18ClN5O2/c1-26-10-5-6-14(19)13(7-10)15(8-20)24-18-12-4-2-3-11(17(21)25)16(12)22-9-23-18/h2-7,9,15H,8,20H2,1H3,(H2,21,25)(H,22,23,24)/t15-/m1/s1. The Morgan fingerprint density at radius 1 is 1.31 bits per heavy atom. The summed E-state index contributed by atoms with van der Waals surface area (Å²) < 4.78 is 5.26. The normalized spacial score (nSPS) is 12.0. The maximum Gasteiger partial charge on any atom is 0.250 e. The van der Waals surface area contributed by atoms with E-state index in [9.17, 15) is 4.79 Å². The number of primary amides is 1. The van der Waals surface area contributed by atoms with Crippen molar-refractivity contribution in [2.75, 3.05) is 19.0 Å². The van der Waals surface area contributed by atoms with Crippen LogP contribution in [0.4, 0.5) is 5.82 Å². The molecule has 0 fully saturated rings. The van der Waals surface area contributed by atoms with Crippen LogP contribution >= 0.6 is 11.6 Å². The van der Waals surface area contributed by atoms with Gasteiger partial charge < -0.3 is 21.5 Å². The number of nitrogens with one attached hydrogen (secondary N) is 1. The van der Waals surface area contributed by atoms with Gasteiger partial charge in [-0.2, -0.15) is 0 Å². The Balaban J connectivity index is 2.05. The summed E-state index contributed by atoms with van der Waals surface area (Å²) in [4.78, 5) is 20.1. The Morgan fingerprint density at radius 2 is 2.12 bits per heavy atom. The zero-order valence-corrected chi connectivity index (χ0v) is 14.8. The Kier molecular flexibility index (Phi) is 5.20. The smallest absolute Gasteiger partial charge is 0.250 e. The topological polar surface area (TPSA) is 116 Å². The Morgan fingerprint density at radius 3 is 2.81 bits per heavy atom. The van der Waals surface area contributed by atoms with E-state index in [4.69, 9.17) is 27.8 Å². The van der Waals surface area contributed by atoms with Gasteiger partial charge in [-0.05, 0) is 35.9 Å². The van der Waals surface area contributed by atoms with Gasteiger partial charge in [0.05, 0.1) is 24.2 Å². The first kappa shape index (κ1) is 17.9. The van der Waals surface area contributed by atoms with Crippen molar-refractivity contribution in [1.82, 2.24) is 9.97 Å². The lowest BCUT2D eigenvalue weighted by Gasteiger charge is -2.20. The number of nitrogens with two attached hydrogens (primary N) is 2. The van der Waals surface area contributed by atoms with Crippen molar-refractivity contribution in [3.63, 3.8) is 0 Å². The molecule has 0 aliphatic carbocycles. The van der Waals surface area contributed by atoms with Gasteiger partial charge in [0.1, 0.15) is 17.9 Å². The number of nitrogens with zero attached hydrogens (tertiary/aromatic N) is 2. The molecule has 0 bridgehead atoms. The predicted octanol–water partition coefficient (Wildman–Crippen LogP) is 2.50. The van der Waals surface area contributed by atoms with Gasteiger partial charge in [-0.15, -0.1) is 0 Å². The van der Waals surface area contributed by atoms with Crippen LogP contribution in [0.25, 0.3) is 10.9 Å². The lowest BCUT2D eigenvalue weighted by Crippen LogP contribution is -2.22. The van der Waals surface area contributed by atoms with E-state index in [-0.39, 0.29) is 12.6 Å². The van der Waals surface area contributed by atoms with Crippen molar-refractivity contribution in [2.24, 2.45) is 11.5 Å². The SMILES string of the molecule is COc1ccc(Cl)c([C@@H](CN)Nc2ncnc3c(C(N)=O)cccc23)c1. The van der Waals surface area contributed by atoms with Crippen molar-refractivity contribution in [1.29, 1.82) is 0 Å². The number of hydrogen-bond donors (Lipinski definition) is 3. The summed E-state index contributed by atoms with van der Waals surface area (Å²) in [7, 11) is 1.58. The summed E-state index contributed by atoms with van der Waals surface area (Å²) in [5, 5.41) is 4.51. The Hall–Kier alpha value is -2.90. The molecule has 0 saturated carbocycles. The average molecular weight is 372 g/mol. The highest BCUT2D eigenvalue weighted by atomic mass is 35.5. The molecule has 8 heteroatoms. The van der Waals surface area contributed by atoms with E-state index in [1.54, 1.807) is 31.4 Å². The first-order valence-electron chi connectivity index (χ1n) is 7.88. The molecule has 2 aromatic carbocycles. The van der Waals surface area contributed by atoms with Gasteiger partial charge in [0.15, 0.2) is 0 Å². The van der Waals surface area contributed by atoms with Crippen molar-refractivity contribution >= 4 is 34.2 Å². The fourth-order valence-corrected chi connectivity index (χ4v) is 3.00. The van der Waals surface area contributed by atoms with Gasteiger partial charge in [0, 0.05) is 17.0 Å². The molecule has 0 spiro atoms. The number of carbonyl (C=O) groups is 1. The number of methoxy groups -OCH3 is 1. The lowest BCUT2D eigenvalue weighted by atomic mass is 10.1. The van der Waals surface area contributed by atoms with Gasteiger partial charge in [-0.25, -0.2) is 9.97 Å². The molecule has 0 unspecified atom stereocenters. The van der Waals surface area contributed by atoms with Gasteiger partial charge >= 0.3 is 0 Å². The number of halogens is 1. The monoisotopic (exact) mass is 371 g/mol. The third kappa shape index (κ3) is 3.40. The minimum absolute atomic E-state index is 0.272. The molecule has 1 atom stereocenters. The maximum absolute atomic E-state index is 11.6. The second-order valence-electron chi connectivity index (χ2n) is 5.61. The minimum atomic E-state index is -0.550. The lowest BCUT2D eigenvalue weighted by molar-refractivity contribution is 0.100. The summed E-state index contributed by atoms with van der Waals surface area (Å²) in [6, 6.07) is 10.2. The molecule has 5 N–H and O–H groups in total. The highest BCUT2D eigenvalue weighted by Gasteiger charge is 2.17. The number of ether oxygens (including phenoxy) is 1. The molecule has 1 aromatic heterocycles. The van der Waals surface area contributed by atoms with Crippen LogP contribution in [-0.4, -0.2) is 29.5 Å². The summed E-state index contributed by atoms with van der Waals surface area (Å²) in [5.74, 6) is 0.659. The van der Waals surface area contributed by atoms with Crippen LogP contribution in [0.1, 0.15) is 22.0 Å². The molecule has 7 nitrogen and oxygen atoms in total. The number of hydrogen-bond acceptors (Lipinski definition) is 6. The molecule has 0 radical (unpaired) electrons. The number of rotatable bonds is 6. The number of fused-ring (bicyclic) bond motifs is 1. The molecule has 134 valence electrons. The molecule has 1 heterocycles. The third-order valence-electron chi connectivity index (χ3n) is 4.06. The Bertz CT molecular complexity index is 963. The van der Waals surface area contributed by atoms with Crippen molar-refractivity contribution in [3.8, 4) is 5.75 Å². The van der Waals surface area contributed by atoms with E-state index >= 15 is 0 Å². The molecular weight excluding hydrogens is 354 g/mol. The van der Waals surface area contributed by atoms with Crippen LogP contribution in [0.5, 0.6) is 5.75 Å². The van der Waals surface area contributed by atoms with E-state index in [2.05, 4.69) is 15.3 Å². The zero-order chi connectivity index (χ0) is 18.7. The number of para-hydroxylation sites is 1. The number of aromatic nitrogens is 2. The van der Waals surface area contributed by atoms with E-state index in [1.807, 2.05) is 12.1 Å². The average Bonchev–Trinajstić information content (AvgIpc) is 2.66. The number of carbonyl (C=O) groups excluding carboxylic acids is 1. The summed E-state index contributed by atoms with van der Waals surface area (Å²) >= 11 is 6.33. The van der Waals surface area contributed by atoms with Crippen molar-refractivity contribution < 1.29 is 9.53 Å². The molecule has 0 saturated heterocycles. The number of amides is 1. The minimum Gasteiger partial charge on any atom is -0.497 e. The van der Waals surface area contributed by atoms with Crippen LogP contribution < -0.4 is 21.5 Å². The first-order valence-corrected chi connectivity index (χ1v) is 8.26. The fraction of sp³-hybridized carbons (Fsp3) is 0.167. The largest absolute Gasteiger partial charge is 0.497 e. The van der Waals surface area contributed by atoms with Gasteiger partial charge in [0.25, 0.3) is 5.91 Å². The van der Waals surface area contributed by atoms with Crippen LogP contribution in [0, 0.1) is 0 Å². The summed E-state index contributed by atoms with van der Waals surface area (Å²) in [6.07, 6.45) is 1.37. The number of benzene rings is 2. The van der Waals surface area contributed by atoms with E-state index in [0.717, 1.165) is 5.56 Å². The van der Waals surface area contributed by atoms with Gasteiger partial charge in [-0.3, -0.25) is 4.79 Å². The molecule has 1 amide bonds. The third-order valence-corrected chi connectivity index (χ3v) is 4.40. The maximum atomic E-state index is 11.6. The quantitative estimate of drug-likeness (QED) is 0.613. The molecule has 0 aliphatic heterocycles. The summed E-state index contributed by atoms with van der Waals surface area (Å²) in [6.45, 7) is 0.272. The van der Waals surface area contributed by atoms with Crippen molar-refractivity contribution in [3.05, 3.63) is 58.9 Å². The first-order chi connectivity index (χ1) is 12.5.